The van der Waals surface area contributed by atoms with Crippen molar-refractivity contribution in [3.63, 3.8) is 0 Å². The van der Waals surface area contributed by atoms with Gasteiger partial charge in [0.05, 0.1) is 29.8 Å². The molecule has 8 heteroatoms. The van der Waals surface area contributed by atoms with Crippen LogP contribution in [0.2, 0.25) is 5.02 Å². The lowest BCUT2D eigenvalue weighted by Crippen LogP contribution is -2.21. The number of aromatic amines is 1. The van der Waals surface area contributed by atoms with Crippen LogP contribution in [0.4, 0.5) is 5.69 Å². The summed E-state index contributed by atoms with van der Waals surface area (Å²) in [5, 5.41) is 4.84. The molecule has 3 heterocycles. The molecule has 0 spiro atoms. The van der Waals surface area contributed by atoms with Crippen LogP contribution in [0.5, 0.6) is 5.75 Å². The molecule has 7 nitrogen and oxygen atoms in total. The average Bonchev–Trinajstić information content (AvgIpc) is 2.98. The molecule has 40 heavy (non-hydrogen) atoms. The zero-order chi connectivity index (χ0) is 27.6. The molecular formula is C32H23ClN4O3. The number of anilines is 1. The van der Waals surface area contributed by atoms with Crippen LogP contribution < -0.4 is 15.6 Å². The number of methoxy groups -OCH3 is 1. The van der Waals surface area contributed by atoms with Gasteiger partial charge in [-0.25, -0.2) is 4.98 Å². The van der Waals surface area contributed by atoms with Crippen LogP contribution in [0.1, 0.15) is 5.56 Å². The molecule has 0 saturated heterocycles. The molecule has 3 aromatic carbocycles. The summed E-state index contributed by atoms with van der Waals surface area (Å²) in [6.45, 7) is 0. The van der Waals surface area contributed by atoms with Crippen LogP contribution in [-0.4, -0.2) is 28.0 Å². The molecule has 0 radical (unpaired) electrons. The minimum absolute atomic E-state index is 0.113. The molecule has 0 aliphatic heterocycles. The largest absolute Gasteiger partial charge is 0.497 e. The number of pyridine rings is 3. The summed E-state index contributed by atoms with van der Waals surface area (Å²) in [5.41, 5.74) is 4.91. The second kappa shape index (κ2) is 10.6. The molecule has 2 N–H and O–H groups in total. The number of ether oxygens (including phenoxy) is 1. The van der Waals surface area contributed by atoms with Gasteiger partial charge in [0.1, 0.15) is 17.1 Å². The standard InChI is InChI=1S/C32H23ClN4O3/c1-40-24-11-9-19(10-12-24)14-28(38)35-27-18-23-16-25(22-15-21-8-5-13-34-30(21)26(33)17-22)29(20-6-3-2-4-7-20)36-31(23)37-32(27)39/h2-13,15-18H,14H2,1H3,(H,35,38)(H,36,37,39). The maximum absolute atomic E-state index is 12.9. The maximum atomic E-state index is 12.9. The Labute approximate surface area is 234 Å². The van der Waals surface area contributed by atoms with Gasteiger partial charge in [0.25, 0.3) is 5.56 Å². The number of halogens is 1. The molecule has 0 aliphatic rings. The molecule has 0 fully saturated rings. The Morgan fingerprint density at radius 1 is 0.925 bits per heavy atom. The molecule has 0 bridgehead atoms. The third-order valence-electron chi connectivity index (χ3n) is 6.64. The average molecular weight is 547 g/mol. The van der Waals surface area contributed by atoms with E-state index in [-0.39, 0.29) is 18.0 Å². The third-order valence-corrected chi connectivity index (χ3v) is 6.93. The lowest BCUT2D eigenvalue weighted by atomic mass is 9.97. The maximum Gasteiger partial charge on any atom is 0.273 e. The number of carbonyl (C=O) groups is 1. The van der Waals surface area contributed by atoms with Crippen molar-refractivity contribution in [2.24, 2.45) is 0 Å². The third kappa shape index (κ3) is 5.02. The topological polar surface area (TPSA) is 97.0 Å². The number of hydrogen-bond acceptors (Lipinski definition) is 5. The van der Waals surface area contributed by atoms with Gasteiger partial charge in [0.15, 0.2) is 0 Å². The fraction of sp³-hybridized carbons (Fsp3) is 0.0625. The van der Waals surface area contributed by atoms with Crippen LogP contribution in [0.25, 0.3) is 44.3 Å². The number of hydrogen-bond donors (Lipinski definition) is 2. The number of carbonyl (C=O) groups excluding carboxylic acids is 1. The Morgan fingerprint density at radius 3 is 2.50 bits per heavy atom. The Hall–Kier alpha value is -5.01. The number of nitrogens with zero attached hydrogens (tertiary/aromatic N) is 2. The van der Waals surface area contributed by atoms with E-state index >= 15 is 0 Å². The zero-order valence-corrected chi connectivity index (χ0v) is 22.2. The van der Waals surface area contributed by atoms with Gasteiger partial charge in [-0.1, -0.05) is 60.1 Å². The summed E-state index contributed by atoms with van der Waals surface area (Å²) in [5.74, 6) is 0.398. The van der Waals surface area contributed by atoms with Gasteiger partial charge in [-0.3, -0.25) is 14.6 Å². The van der Waals surface area contributed by atoms with Crippen molar-refractivity contribution in [2.75, 3.05) is 12.4 Å². The second-order valence-electron chi connectivity index (χ2n) is 9.31. The first kappa shape index (κ1) is 25.3. The van der Waals surface area contributed by atoms with Gasteiger partial charge >= 0.3 is 0 Å². The SMILES string of the molecule is COc1ccc(CC(=O)Nc2cc3cc(-c4cc(Cl)c5ncccc5c4)c(-c4ccccc4)nc3[nH]c2=O)cc1. The Bertz CT molecular complexity index is 1940. The molecule has 0 aliphatic carbocycles. The van der Waals surface area contributed by atoms with Crippen molar-refractivity contribution in [3.05, 3.63) is 118 Å². The quantitative estimate of drug-likeness (QED) is 0.244. The van der Waals surface area contributed by atoms with Crippen molar-refractivity contribution in [3.8, 4) is 28.1 Å². The van der Waals surface area contributed by atoms with Gasteiger partial charge in [-0.05, 0) is 53.6 Å². The second-order valence-corrected chi connectivity index (χ2v) is 9.71. The lowest BCUT2D eigenvalue weighted by Gasteiger charge is -2.14. The first-order chi connectivity index (χ1) is 19.5. The predicted molar refractivity (Wildman–Crippen MR) is 159 cm³/mol. The van der Waals surface area contributed by atoms with E-state index in [2.05, 4.69) is 15.3 Å². The Morgan fingerprint density at radius 2 is 1.73 bits per heavy atom. The van der Waals surface area contributed by atoms with E-state index in [9.17, 15) is 9.59 Å². The first-order valence-corrected chi connectivity index (χ1v) is 13.0. The van der Waals surface area contributed by atoms with E-state index < -0.39 is 5.56 Å². The molecule has 0 saturated carbocycles. The molecule has 0 atom stereocenters. The molecule has 0 unspecified atom stereocenters. The summed E-state index contributed by atoms with van der Waals surface area (Å²) in [6, 6.07) is 28.3. The van der Waals surface area contributed by atoms with Crippen molar-refractivity contribution in [1.82, 2.24) is 15.0 Å². The molecular weight excluding hydrogens is 524 g/mol. The number of benzene rings is 3. The molecule has 196 valence electrons. The summed E-state index contributed by atoms with van der Waals surface area (Å²) < 4.78 is 5.17. The van der Waals surface area contributed by atoms with E-state index in [4.69, 9.17) is 21.3 Å². The van der Waals surface area contributed by atoms with Gasteiger partial charge < -0.3 is 15.0 Å². The van der Waals surface area contributed by atoms with Gasteiger partial charge in [-0.15, -0.1) is 0 Å². The van der Waals surface area contributed by atoms with Crippen LogP contribution in [0, 0.1) is 0 Å². The summed E-state index contributed by atoms with van der Waals surface area (Å²) in [6.07, 6.45) is 1.82. The molecule has 6 aromatic rings. The number of fused-ring (bicyclic) bond motifs is 2. The number of aromatic nitrogens is 3. The zero-order valence-electron chi connectivity index (χ0n) is 21.4. The number of H-pyrrole nitrogens is 1. The van der Waals surface area contributed by atoms with E-state index in [1.807, 2.05) is 72.8 Å². The molecule has 3 aromatic heterocycles. The normalized spacial score (nSPS) is 11.1. The fourth-order valence-corrected chi connectivity index (χ4v) is 4.97. The van der Waals surface area contributed by atoms with Crippen LogP contribution in [-0.2, 0) is 11.2 Å². The first-order valence-electron chi connectivity index (χ1n) is 12.6. The number of amides is 1. The van der Waals surface area contributed by atoms with Gasteiger partial charge in [-0.2, -0.15) is 0 Å². The Kier molecular flexibility index (Phi) is 6.72. The van der Waals surface area contributed by atoms with Crippen molar-refractivity contribution in [2.45, 2.75) is 6.42 Å². The van der Waals surface area contributed by atoms with Crippen LogP contribution in [0.15, 0.2) is 102 Å². The van der Waals surface area contributed by atoms with E-state index in [0.29, 0.717) is 33.0 Å². The highest BCUT2D eigenvalue weighted by Gasteiger charge is 2.16. The number of nitrogens with one attached hydrogen (secondary N) is 2. The smallest absolute Gasteiger partial charge is 0.273 e. The minimum Gasteiger partial charge on any atom is -0.497 e. The van der Waals surface area contributed by atoms with Crippen molar-refractivity contribution in [1.29, 1.82) is 0 Å². The highest BCUT2D eigenvalue weighted by Crippen LogP contribution is 2.36. The van der Waals surface area contributed by atoms with Crippen LogP contribution in [0.3, 0.4) is 0 Å². The van der Waals surface area contributed by atoms with Crippen molar-refractivity contribution < 1.29 is 9.53 Å². The predicted octanol–water partition coefficient (Wildman–Crippen LogP) is 6.65. The monoisotopic (exact) mass is 546 g/mol. The van der Waals surface area contributed by atoms with E-state index in [1.54, 1.807) is 31.5 Å². The summed E-state index contributed by atoms with van der Waals surface area (Å²) in [7, 11) is 1.59. The summed E-state index contributed by atoms with van der Waals surface area (Å²) in [4.78, 5) is 37.8. The fourth-order valence-electron chi connectivity index (χ4n) is 4.69. The summed E-state index contributed by atoms with van der Waals surface area (Å²) >= 11 is 6.63. The van der Waals surface area contributed by atoms with E-state index in [0.717, 1.165) is 27.6 Å². The minimum atomic E-state index is -0.435. The van der Waals surface area contributed by atoms with Gasteiger partial charge in [0, 0.05) is 28.1 Å². The molecule has 1 amide bonds. The highest BCUT2D eigenvalue weighted by atomic mass is 35.5. The van der Waals surface area contributed by atoms with Crippen LogP contribution >= 0.6 is 11.6 Å². The van der Waals surface area contributed by atoms with Gasteiger partial charge in [0.2, 0.25) is 5.91 Å². The Balaban J connectivity index is 1.43. The number of rotatable bonds is 6. The molecule has 6 rings (SSSR count). The lowest BCUT2D eigenvalue weighted by molar-refractivity contribution is -0.115. The van der Waals surface area contributed by atoms with E-state index in [1.165, 1.54) is 0 Å². The van der Waals surface area contributed by atoms with Crippen molar-refractivity contribution >= 4 is 45.1 Å². The highest BCUT2D eigenvalue weighted by molar-refractivity contribution is 6.35.